The number of hydrogen-bond donors (Lipinski definition) is 0. The van der Waals surface area contributed by atoms with Crippen molar-refractivity contribution in [3.63, 3.8) is 0 Å². The lowest BCUT2D eigenvalue weighted by Crippen LogP contribution is -2.27. The Bertz CT molecular complexity index is 442. The van der Waals surface area contributed by atoms with Gasteiger partial charge in [-0.05, 0) is 5.41 Å². The van der Waals surface area contributed by atoms with Crippen LogP contribution in [0.25, 0.3) is 0 Å². The van der Waals surface area contributed by atoms with E-state index < -0.39 is 10.0 Å². The summed E-state index contributed by atoms with van der Waals surface area (Å²) in [5.74, 6) is 0.282. The molecule has 0 aromatic carbocycles. The van der Waals surface area contributed by atoms with Gasteiger partial charge >= 0.3 is 0 Å². The Morgan fingerprint density at radius 2 is 1.93 bits per heavy atom. The van der Waals surface area contributed by atoms with Gasteiger partial charge in [0, 0.05) is 12.6 Å². The quantitative estimate of drug-likeness (QED) is 0.772. The molecule has 0 aliphatic carbocycles. The summed E-state index contributed by atoms with van der Waals surface area (Å²) < 4.78 is 28.8. The van der Waals surface area contributed by atoms with E-state index in [1.54, 1.807) is 6.20 Å². The molecule has 1 aromatic rings. The highest BCUT2D eigenvalue weighted by atomic mass is 32.2. The molecule has 0 bridgehead atoms. The molecule has 0 amide bonds. The summed E-state index contributed by atoms with van der Waals surface area (Å²) in [5.41, 5.74) is 0.573. The largest absolute Gasteiger partial charge is 0.337 e. The number of rotatable bonds is 2. The minimum absolute atomic E-state index is 0.200. The first-order valence-corrected chi connectivity index (χ1v) is 6.38. The highest BCUT2D eigenvalue weighted by molar-refractivity contribution is 7.92. The fourth-order valence-electron chi connectivity index (χ4n) is 1.13. The molecule has 0 atom stereocenters. The molecule has 0 unspecified atom stereocenters. The predicted octanol–water partition coefficient (Wildman–Crippen LogP) is 1.37. The fourth-order valence-corrected chi connectivity index (χ4v) is 1.56. The smallest absolute Gasteiger partial charge is 0.244 e. The van der Waals surface area contributed by atoms with Crippen LogP contribution in [0.2, 0.25) is 0 Å². The maximum absolute atomic E-state index is 11.3. The molecule has 1 rings (SSSR count). The van der Waals surface area contributed by atoms with E-state index in [9.17, 15) is 8.42 Å². The second-order valence-corrected chi connectivity index (χ2v) is 6.54. The van der Waals surface area contributed by atoms with E-state index in [4.69, 9.17) is 4.52 Å². The minimum Gasteiger partial charge on any atom is -0.337 e. The van der Waals surface area contributed by atoms with Gasteiger partial charge in [0.2, 0.25) is 15.9 Å². The summed E-state index contributed by atoms with van der Waals surface area (Å²) >= 11 is 0. The van der Waals surface area contributed by atoms with Crippen LogP contribution in [0.3, 0.4) is 0 Å². The highest BCUT2D eigenvalue weighted by Crippen LogP contribution is 2.31. The molecule has 0 saturated heterocycles. The van der Waals surface area contributed by atoms with E-state index in [-0.39, 0.29) is 11.3 Å². The molecule has 0 aliphatic rings. The van der Waals surface area contributed by atoms with E-state index >= 15 is 0 Å². The molecule has 0 fully saturated rings. The van der Waals surface area contributed by atoms with Gasteiger partial charge in [-0.25, -0.2) is 12.7 Å². The zero-order valence-corrected chi connectivity index (χ0v) is 10.4. The Labute approximate surface area is 90.1 Å². The van der Waals surface area contributed by atoms with Crippen LogP contribution in [0.1, 0.15) is 26.3 Å². The van der Waals surface area contributed by atoms with Crippen molar-refractivity contribution < 1.29 is 12.9 Å². The molecule has 5 nitrogen and oxygen atoms in total. The minimum atomic E-state index is -3.31. The average Bonchev–Trinajstić information content (AvgIpc) is 2.47. The highest BCUT2D eigenvalue weighted by Gasteiger charge is 2.27. The van der Waals surface area contributed by atoms with Crippen LogP contribution < -0.4 is 4.31 Å². The van der Waals surface area contributed by atoms with E-state index in [1.165, 1.54) is 7.05 Å². The van der Waals surface area contributed by atoms with Crippen molar-refractivity contribution in [2.24, 2.45) is 0 Å². The molecular weight excluding hydrogens is 216 g/mol. The molecule has 0 radical (unpaired) electrons. The van der Waals surface area contributed by atoms with Crippen molar-refractivity contribution in [3.8, 4) is 0 Å². The Kier molecular flexibility index (Phi) is 2.82. The lowest BCUT2D eigenvalue weighted by atomic mass is 9.89. The second-order valence-electron chi connectivity index (χ2n) is 4.53. The zero-order valence-electron chi connectivity index (χ0n) is 9.60. The van der Waals surface area contributed by atoms with Gasteiger partial charge in [0.25, 0.3) is 0 Å². The van der Waals surface area contributed by atoms with Crippen LogP contribution in [0.15, 0.2) is 10.7 Å². The summed E-state index contributed by atoms with van der Waals surface area (Å²) in [6.07, 6.45) is 2.68. The van der Waals surface area contributed by atoms with Gasteiger partial charge in [-0.3, -0.25) is 0 Å². The van der Waals surface area contributed by atoms with Crippen molar-refractivity contribution in [2.75, 3.05) is 17.6 Å². The number of nitrogens with zero attached hydrogens (tertiary/aromatic N) is 2. The molecule has 86 valence electrons. The van der Waals surface area contributed by atoms with E-state index in [1.807, 2.05) is 20.8 Å². The maximum Gasteiger partial charge on any atom is 0.244 e. The van der Waals surface area contributed by atoms with Gasteiger partial charge in [0.1, 0.15) is 0 Å². The molecule has 0 spiro atoms. The summed E-state index contributed by atoms with van der Waals surface area (Å²) in [5, 5.41) is 3.64. The molecule has 0 saturated carbocycles. The number of aromatic nitrogens is 1. The van der Waals surface area contributed by atoms with Gasteiger partial charge in [-0.1, -0.05) is 25.9 Å². The first-order chi connectivity index (χ1) is 6.64. The Balaban J connectivity index is 3.23. The molecule has 1 heterocycles. The standard InChI is InChI=1S/C9H16N2O3S/c1-9(2,3)7-6-10-14-8(7)11(4)15(5,12)13/h6H,1-5H3. The van der Waals surface area contributed by atoms with Crippen LogP contribution in [0.5, 0.6) is 0 Å². The molecule has 0 N–H and O–H groups in total. The first-order valence-electron chi connectivity index (χ1n) is 4.53. The lowest BCUT2D eigenvalue weighted by molar-refractivity contribution is 0.424. The van der Waals surface area contributed by atoms with Crippen LogP contribution in [0, 0.1) is 0 Å². The predicted molar refractivity (Wildman–Crippen MR) is 58.4 cm³/mol. The third kappa shape index (κ3) is 2.50. The number of sulfonamides is 1. The summed E-state index contributed by atoms with van der Waals surface area (Å²) in [6, 6.07) is 0. The number of anilines is 1. The van der Waals surface area contributed by atoms with Crippen molar-refractivity contribution in [2.45, 2.75) is 26.2 Å². The van der Waals surface area contributed by atoms with Crippen molar-refractivity contribution in [1.82, 2.24) is 5.16 Å². The molecule has 0 aliphatic heterocycles. The zero-order chi connectivity index (χ0) is 11.9. The normalized spacial score (nSPS) is 12.9. The van der Waals surface area contributed by atoms with Gasteiger partial charge in [0.15, 0.2) is 0 Å². The third-order valence-electron chi connectivity index (χ3n) is 2.14. The SMILES string of the molecule is CN(c1oncc1C(C)(C)C)S(C)(=O)=O. The monoisotopic (exact) mass is 232 g/mol. The van der Waals surface area contributed by atoms with Gasteiger partial charge in [-0.15, -0.1) is 0 Å². The summed E-state index contributed by atoms with van der Waals surface area (Å²) in [4.78, 5) is 0. The van der Waals surface area contributed by atoms with E-state index in [2.05, 4.69) is 5.16 Å². The van der Waals surface area contributed by atoms with Crippen molar-refractivity contribution >= 4 is 15.9 Å². The van der Waals surface area contributed by atoms with Crippen LogP contribution in [-0.4, -0.2) is 26.9 Å². The first kappa shape index (κ1) is 12.0. The third-order valence-corrected chi connectivity index (χ3v) is 3.30. The number of hydrogen-bond acceptors (Lipinski definition) is 4. The van der Waals surface area contributed by atoms with Crippen molar-refractivity contribution in [1.29, 1.82) is 0 Å². The summed E-state index contributed by atoms with van der Waals surface area (Å²) in [7, 11) is -1.86. The Hall–Kier alpha value is -1.04. The molecule has 1 aromatic heterocycles. The van der Waals surface area contributed by atoms with Gasteiger partial charge < -0.3 is 4.52 Å². The van der Waals surface area contributed by atoms with Crippen LogP contribution >= 0.6 is 0 Å². The van der Waals surface area contributed by atoms with Crippen molar-refractivity contribution in [3.05, 3.63) is 11.8 Å². The molecule has 15 heavy (non-hydrogen) atoms. The van der Waals surface area contributed by atoms with Gasteiger partial charge in [-0.2, -0.15) is 0 Å². The topological polar surface area (TPSA) is 63.4 Å². The van der Waals surface area contributed by atoms with Crippen LogP contribution in [-0.2, 0) is 15.4 Å². The average molecular weight is 232 g/mol. The molecule has 6 heteroatoms. The maximum atomic E-state index is 11.3. The Morgan fingerprint density at radius 1 is 1.40 bits per heavy atom. The summed E-state index contributed by atoms with van der Waals surface area (Å²) in [6.45, 7) is 5.91. The van der Waals surface area contributed by atoms with Gasteiger partial charge in [0.05, 0.1) is 12.5 Å². The van der Waals surface area contributed by atoms with Crippen LogP contribution in [0.4, 0.5) is 5.88 Å². The molecular formula is C9H16N2O3S. The van der Waals surface area contributed by atoms with E-state index in [0.717, 1.165) is 16.1 Å². The second kappa shape index (κ2) is 3.52. The fraction of sp³-hybridized carbons (Fsp3) is 0.667. The Morgan fingerprint density at radius 3 is 2.33 bits per heavy atom. The lowest BCUT2D eigenvalue weighted by Gasteiger charge is -2.21. The van der Waals surface area contributed by atoms with E-state index in [0.29, 0.717) is 0 Å².